The Labute approximate surface area is 226 Å². The summed E-state index contributed by atoms with van der Waals surface area (Å²) in [6.07, 6.45) is 3.52. The molecule has 38 heavy (non-hydrogen) atoms. The number of aromatic nitrogens is 2. The van der Waals surface area contributed by atoms with E-state index in [1.165, 1.54) is 6.34 Å². The van der Waals surface area contributed by atoms with Gasteiger partial charge < -0.3 is 9.67 Å². The van der Waals surface area contributed by atoms with Gasteiger partial charge in [0.2, 0.25) is 5.91 Å². The number of amidine groups is 1. The summed E-state index contributed by atoms with van der Waals surface area (Å²) in [5, 5.41) is 9.63. The number of amides is 1. The van der Waals surface area contributed by atoms with Crippen molar-refractivity contribution in [3.8, 4) is 0 Å². The number of carbonyl (C=O) groups excluding carboxylic acids is 1. The van der Waals surface area contributed by atoms with Crippen molar-refractivity contribution < 1.29 is 9.90 Å². The Balaban J connectivity index is 1.47. The van der Waals surface area contributed by atoms with Crippen LogP contribution in [0.25, 0.3) is 0 Å². The van der Waals surface area contributed by atoms with E-state index in [9.17, 15) is 9.90 Å². The summed E-state index contributed by atoms with van der Waals surface area (Å²) in [5.41, 5.74) is 4.77. The van der Waals surface area contributed by atoms with E-state index in [1.807, 2.05) is 84.3 Å². The third kappa shape index (κ3) is 4.15. The molecule has 1 aromatic heterocycles. The van der Waals surface area contributed by atoms with Gasteiger partial charge in [-0.1, -0.05) is 66.2 Å². The molecule has 1 unspecified atom stereocenters. The van der Waals surface area contributed by atoms with Crippen LogP contribution < -0.4 is 0 Å². The molecule has 1 fully saturated rings. The summed E-state index contributed by atoms with van der Waals surface area (Å²) in [6.45, 7) is 2.97. The maximum atomic E-state index is 13.7. The molecule has 6 rings (SSSR count). The number of rotatable bonds is 6. The fourth-order valence-electron chi connectivity index (χ4n) is 5.29. The van der Waals surface area contributed by atoms with Gasteiger partial charge in [0.25, 0.3) is 0 Å². The molecule has 0 aliphatic carbocycles. The molecular weight excluding hydrogens is 494 g/mol. The largest absolute Gasteiger partial charge is 0.392 e. The number of imidazole rings is 1. The first-order valence-corrected chi connectivity index (χ1v) is 12.9. The van der Waals surface area contributed by atoms with Crippen LogP contribution >= 0.6 is 12.6 Å². The number of benzene rings is 3. The van der Waals surface area contributed by atoms with Gasteiger partial charge >= 0.3 is 0 Å². The summed E-state index contributed by atoms with van der Waals surface area (Å²) >= 11 is 4.39. The van der Waals surface area contributed by atoms with Crippen LogP contribution in [0.2, 0.25) is 0 Å². The van der Waals surface area contributed by atoms with Gasteiger partial charge in [0.05, 0.1) is 26.0 Å². The third-order valence-electron chi connectivity index (χ3n) is 7.31. The molecule has 0 radical (unpaired) electrons. The number of hydrogen-bond donors (Lipinski definition) is 2. The fraction of sp³-hybridized carbons (Fsp3) is 0.200. The lowest BCUT2D eigenvalue weighted by molar-refractivity contribution is -0.126. The van der Waals surface area contributed by atoms with E-state index in [0.29, 0.717) is 30.4 Å². The number of aryl methyl sites for hydroxylation is 1. The van der Waals surface area contributed by atoms with Gasteiger partial charge in [-0.15, -0.1) is 12.6 Å². The molecule has 1 N–H and O–H groups in total. The molecule has 190 valence electrons. The van der Waals surface area contributed by atoms with Crippen molar-refractivity contribution in [2.75, 3.05) is 0 Å². The Morgan fingerprint density at radius 2 is 1.58 bits per heavy atom. The molecule has 2 aliphatic rings. The monoisotopic (exact) mass is 521 g/mol. The molecule has 1 amide bonds. The van der Waals surface area contributed by atoms with Crippen molar-refractivity contribution >= 4 is 36.5 Å². The molecule has 3 aromatic carbocycles. The van der Waals surface area contributed by atoms with Gasteiger partial charge in [-0.3, -0.25) is 9.69 Å². The van der Waals surface area contributed by atoms with E-state index in [0.717, 1.165) is 32.7 Å². The lowest BCUT2D eigenvalue weighted by Gasteiger charge is -2.29. The minimum absolute atomic E-state index is 0.0178. The lowest BCUT2D eigenvalue weighted by atomic mass is 9.75. The number of aliphatic hydroxyl groups excluding tert-OH is 1. The summed E-state index contributed by atoms with van der Waals surface area (Å²) < 4.78 is 1.99. The fourth-order valence-corrected chi connectivity index (χ4v) is 5.43. The first kappa shape index (κ1) is 24.3. The first-order valence-electron chi connectivity index (χ1n) is 12.5. The highest BCUT2D eigenvalue weighted by atomic mass is 32.1. The molecule has 0 saturated carbocycles. The maximum Gasteiger partial charge on any atom is 0.230 e. The predicted molar refractivity (Wildman–Crippen MR) is 150 cm³/mol. The van der Waals surface area contributed by atoms with Crippen LogP contribution in [-0.4, -0.2) is 37.6 Å². The van der Waals surface area contributed by atoms with Gasteiger partial charge in [0, 0.05) is 11.3 Å². The number of hydrogen-bond acceptors (Lipinski definition) is 6. The van der Waals surface area contributed by atoms with Crippen LogP contribution in [0.1, 0.15) is 39.9 Å². The Morgan fingerprint density at radius 3 is 2.29 bits per heavy atom. The maximum absolute atomic E-state index is 13.7. The van der Waals surface area contributed by atoms with Crippen molar-refractivity contribution in [3.63, 3.8) is 0 Å². The zero-order valence-electron chi connectivity index (χ0n) is 21.0. The Kier molecular flexibility index (Phi) is 6.21. The number of nitrogens with zero attached hydrogens (tertiary/aromatic N) is 5. The Hall–Kier alpha value is -4.01. The van der Waals surface area contributed by atoms with Crippen LogP contribution in [0.4, 0.5) is 5.82 Å². The SMILES string of the molecule is Cc1ccc(CN2C(=O)CC3(c4ccc(CO)cc4)C2=NC=Nc2c3ncn2Cc2ccc(S)cc2)cc1. The summed E-state index contributed by atoms with van der Waals surface area (Å²) in [7, 11) is 0. The second kappa shape index (κ2) is 9.70. The topological polar surface area (TPSA) is 83.1 Å². The second-order valence-corrected chi connectivity index (χ2v) is 10.3. The summed E-state index contributed by atoms with van der Waals surface area (Å²) in [6, 6.07) is 23.9. The molecule has 2 aliphatic heterocycles. The van der Waals surface area contributed by atoms with Crippen molar-refractivity contribution in [2.45, 2.75) is 43.4 Å². The Morgan fingerprint density at radius 1 is 0.921 bits per heavy atom. The number of carbonyl (C=O) groups is 1. The van der Waals surface area contributed by atoms with Crippen LogP contribution in [-0.2, 0) is 29.9 Å². The minimum Gasteiger partial charge on any atom is -0.392 e. The zero-order valence-corrected chi connectivity index (χ0v) is 21.8. The lowest BCUT2D eigenvalue weighted by Crippen LogP contribution is -2.39. The zero-order chi connectivity index (χ0) is 26.3. The molecular formula is C30H27N5O2S. The highest BCUT2D eigenvalue weighted by molar-refractivity contribution is 7.80. The normalized spacial score (nSPS) is 18.2. The third-order valence-corrected chi connectivity index (χ3v) is 7.61. The molecule has 1 saturated heterocycles. The van der Waals surface area contributed by atoms with Gasteiger partial charge in [-0.05, 0) is 41.3 Å². The molecule has 0 bridgehead atoms. The first-order chi connectivity index (χ1) is 18.5. The number of aliphatic imine (C=N–C) groups is 2. The number of thiol groups is 1. The van der Waals surface area contributed by atoms with Crippen molar-refractivity contribution in [3.05, 3.63) is 113 Å². The second-order valence-electron chi connectivity index (χ2n) is 9.81. The number of likely N-dealkylation sites (tertiary alicyclic amines) is 1. The highest BCUT2D eigenvalue weighted by Gasteiger charge is 2.55. The molecule has 0 spiro atoms. The van der Waals surface area contributed by atoms with Crippen molar-refractivity contribution in [1.82, 2.24) is 14.5 Å². The van der Waals surface area contributed by atoms with E-state index >= 15 is 0 Å². The summed E-state index contributed by atoms with van der Waals surface area (Å²) in [5.74, 6) is 1.28. The van der Waals surface area contributed by atoms with Gasteiger partial charge in [0.1, 0.15) is 23.3 Å². The summed E-state index contributed by atoms with van der Waals surface area (Å²) in [4.78, 5) is 30.7. The molecule has 3 heterocycles. The average molecular weight is 522 g/mol. The molecule has 8 heteroatoms. The van der Waals surface area contributed by atoms with Gasteiger partial charge in [-0.2, -0.15) is 0 Å². The quantitative estimate of drug-likeness (QED) is 0.357. The van der Waals surface area contributed by atoms with E-state index in [-0.39, 0.29) is 18.9 Å². The predicted octanol–water partition coefficient (Wildman–Crippen LogP) is 4.81. The van der Waals surface area contributed by atoms with Crippen molar-refractivity contribution in [2.24, 2.45) is 9.98 Å². The molecule has 4 aromatic rings. The van der Waals surface area contributed by atoms with Crippen LogP contribution in [0, 0.1) is 6.92 Å². The number of aliphatic hydroxyl groups is 1. The number of fused-ring (bicyclic) bond motifs is 3. The van der Waals surface area contributed by atoms with Crippen molar-refractivity contribution in [1.29, 1.82) is 0 Å². The van der Waals surface area contributed by atoms with Crippen LogP contribution in [0.5, 0.6) is 0 Å². The van der Waals surface area contributed by atoms with Crippen LogP contribution in [0.15, 0.2) is 94.0 Å². The molecule has 1 atom stereocenters. The highest BCUT2D eigenvalue weighted by Crippen LogP contribution is 2.47. The van der Waals surface area contributed by atoms with Crippen LogP contribution in [0.3, 0.4) is 0 Å². The molecule has 7 nitrogen and oxygen atoms in total. The minimum atomic E-state index is -0.901. The van der Waals surface area contributed by atoms with E-state index in [1.54, 1.807) is 11.2 Å². The standard InChI is InChI=1S/C30H27N5O2S/c1-20-2-4-22(5-3-20)16-35-26(37)14-30(24-10-6-23(17-36)7-11-24)27-28(31-18-32-29(30)35)34(19-33-27)15-21-8-12-25(38)13-9-21/h2-13,18-19,36,38H,14-17H2,1H3. The van der Waals surface area contributed by atoms with Gasteiger partial charge in [0.15, 0.2) is 5.82 Å². The smallest absolute Gasteiger partial charge is 0.230 e. The van der Waals surface area contributed by atoms with E-state index in [2.05, 4.69) is 12.6 Å². The Bertz CT molecular complexity index is 1560. The average Bonchev–Trinajstić information content (AvgIpc) is 3.40. The van der Waals surface area contributed by atoms with E-state index in [4.69, 9.17) is 15.0 Å². The van der Waals surface area contributed by atoms with E-state index < -0.39 is 5.41 Å². The van der Waals surface area contributed by atoms with Gasteiger partial charge in [-0.25, -0.2) is 15.0 Å².